The topological polar surface area (TPSA) is 49.8 Å². The van der Waals surface area contributed by atoms with Crippen LogP contribution in [-0.2, 0) is 9.63 Å². The Morgan fingerprint density at radius 2 is 1.89 bits per heavy atom. The van der Waals surface area contributed by atoms with Crippen molar-refractivity contribution in [1.82, 2.24) is 5.06 Å². The fourth-order valence-electron chi connectivity index (χ4n) is 2.42. The zero-order chi connectivity index (χ0) is 14.4. The number of carbonyl (C=O) groups excluding carboxylic acids is 1. The molecule has 1 aromatic rings. The highest BCUT2D eigenvalue weighted by Crippen LogP contribution is 2.39. The van der Waals surface area contributed by atoms with Gasteiger partial charge in [-0.25, -0.2) is 5.06 Å². The Morgan fingerprint density at radius 1 is 1.26 bits per heavy atom. The molecule has 1 aliphatic rings. The molecule has 1 amide bonds. The predicted molar refractivity (Wildman–Crippen MR) is 73.4 cm³/mol. The molecular formula is C15H19NO3. The molecule has 0 unspecified atom stereocenters. The first-order valence-corrected chi connectivity index (χ1v) is 6.20. The highest BCUT2D eigenvalue weighted by molar-refractivity contribution is 6.23. The number of carbonyl (C=O) groups is 1. The zero-order valence-electron chi connectivity index (χ0n) is 11.9. The van der Waals surface area contributed by atoms with Crippen molar-refractivity contribution in [3.63, 3.8) is 0 Å². The largest absolute Gasteiger partial charge is 0.509 e. The van der Waals surface area contributed by atoms with Crippen LogP contribution in [0.4, 0.5) is 0 Å². The Labute approximate surface area is 113 Å². The molecule has 0 saturated heterocycles. The lowest BCUT2D eigenvalue weighted by molar-refractivity contribution is -0.189. The van der Waals surface area contributed by atoms with Crippen molar-refractivity contribution in [3.05, 3.63) is 40.6 Å². The van der Waals surface area contributed by atoms with E-state index < -0.39 is 5.54 Å². The van der Waals surface area contributed by atoms with E-state index in [1.54, 1.807) is 13.8 Å². The van der Waals surface area contributed by atoms with Crippen LogP contribution in [0.25, 0.3) is 5.57 Å². The molecule has 2 rings (SSSR count). The van der Waals surface area contributed by atoms with Crippen LogP contribution in [0.1, 0.15) is 30.5 Å². The van der Waals surface area contributed by atoms with E-state index in [1.807, 2.05) is 32.0 Å². The standard InChI is InChI=1S/C15H19NO3/c1-9-6-7-10(2)11(8-9)12-13(17)15(3,4)16(19-5)14(12)18/h6-8,17H,1-5H3. The molecule has 0 fully saturated rings. The lowest BCUT2D eigenvalue weighted by Gasteiger charge is -2.28. The minimum Gasteiger partial charge on any atom is -0.509 e. The summed E-state index contributed by atoms with van der Waals surface area (Å²) in [7, 11) is 1.43. The molecule has 0 spiro atoms. The number of aliphatic hydroxyl groups excluding tert-OH is 1. The molecule has 1 aliphatic heterocycles. The molecule has 0 aromatic heterocycles. The summed E-state index contributed by atoms with van der Waals surface area (Å²) in [6, 6.07) is 5.84. The number of rotatable bonds is 2. The molecule has 0 aliphatic carbocycles. The normalized spacial score (nSPS) is 18.4. The van der Waals surface area contributed by atoms with Gasteiger partial charge in [0.05, 0.1) is 12.7 Å². The highest BCUT2D eigenvalue weighted by Gasteiger charge is 2.47. The van der Waals surface area contributed by atoms with Gasteiger partial charge < -0.3 is 5.11 Å². The first kappa shape index (κ1) is 13.6. The molecule has 4 nitrogen and oxygen atoms in total. The molecule has 0 atom stereocenters. The Morgan fingerprint density at radius 3 is 2.42 bits per heavy atom. The van der Waals surface area contributed by atoms with E-state index >= 15 is 0 Å². The molecule has 1 N–H and O–H groups in total. The van der Waals surface area contributed by atoms with Crippen LogP contribution in [0.5, 0.6) is 0 Å². The second-order valence-electron chi connectivity index (χ2n) is 5.38. The second-order valence-corrected chi connectivity index (χ2v) is 5.38. The summed E-state index contributed by atoms with van der Waals surface area (Å²) in [5.74, 6) is -0.258. The van der Waals surface area contributed by atoms with Crippen LogP contribution >= 0.6 is 0 Å². The average molecular weight is 261 g/mol. The third kappa shape index (κ3) is 1.92. The quantitative estimate of drug-likeness (QED) is 0.890. The molecule has 0 radical (unpaired) electrons. The Hall–Kier alpha value is -1.81. The maximum Gasteiger partial charge on any atom is 0.282 e. The van der Waals surface area contributed by atoms with Crippen molar-refractivity contribution < 1.29 is 14.7 Å². The van der Waals surface area contributed by atoms with Crippen LogP contribution in [0.2, 0.25) is 0 Å². The van der Waals surface area contributed by atoms with Crippen LogP contribution in [0, 0.1) is 13.8 Å². The monoisotopic (exact) mass is 261 g/mol. The first-order chi connectivity index (χ1) is 8.80. The predicted octanol–water partition coefficient (Wildman–Crippen LogP) is 2.75. The summed E-state index contributed by atoms with van der Waals surface area (Å²) in [6.45, 7) is 7.38. The average Bonchev–Trinajstić information content (AvgIpc) is 2.50. The summed E-state index contributed by atoms with van der Waals surface area (Å²) < 4.78 is 0. The van der Waals surface area contributed by atoms with Crippen LogP contribution in [-0.4, -0.2) is 28.7 Å². The van der Waals surface area contributed by atoms with Crippen molar-refractivity contribution >= 4 is 11.5 Å². The van der Waals surface area contributed by atoms with Gasteiger partial charge in [0, 0.05) is 0 Å². The van der Waals surface area contributed by atoms with Gasteiger partial charge in [-0.05, 0) is 38.8 Å². The van der Waals surface area contributed by atoms with Gasteiger partial charge >= 0.3 is 0 Å². The smallest absolute Gasteiger partial charge is 0.282 e. The molecule has 1 aromatic carbocycles. The fourth-order valence-corrected chi connectivity index (χ4v) is 2.42. The van der Waals surface area contributed by atoms with Gasteiger partial charge in [0.15, 0.2) is 0 Å². The third-order valence-electron chi connectivity index (χ3n) is 3.57. The summed E-state index contributed by atoms with van der Waals surface area (Å²) in [5, 5.41) is 11.6. The van der Waals surface area contributed by atoms with E-state index in [1.165, 1.54) is 12.2 Å². The van der Waals surface area contributed by atoms with Gasteiger partial charge in [-0.2, -0.15) is 0 Å². The number of nitrogens with zero attached hydrogens (tertiary/aromatic N) is 1. The number of hydroxylamine groups is 2. The Balaban J connectivity index is 2.65. The van der Waals surface area contributed by atoms with Gasteiger partial charge in [-0.3, -0.25) is 9.63 Å². The molecule has 19 heavy (non-hydrogen) atoms. The zero-order valence-corrected chi connectivity index (χ0v) is 11.9. The molecule has 1 heterocycles. The maximum absolute atomic E-state index is 12.4. The second kappa shape index (κ2) is 4.38. The minimum absolute atomic E-state index is 0.0491. The molecule has 4 heteroatoms. The molecular weight excluding hydrogens is 242 g/mol. The van der Waals surface area contributed by atoms with Crippen molar-refractivity contribution in [2.24, 2.45) is 0 Å². The lowest BCUT2D eigenvalue weighted by atomic mass is 9.95. The van der Waals surface area contributed by atoms with Gasteiger partial charge in [-0.15, -0.1) is 0 Å². The van der Waals surface area contributed by atoms with Gasteiger partial charge in [0.1, 0.15) is 11.3 Å². The molecule has 0 saturated carbocycles. The van der Waals surface area contributed by atoms with Crippen molar-refractivity contribution in [2.75, 3.05) is 7.11 Å². The van der Waals surface area contributed by atoms with Gasteiger partial charge in [0.25, 0.3) is 5.91 Å². The van der Waals surface area contributed by atoms with Crippen LogP contribution in [0.15, 0.2) is 24.0 Å². The van der Waals surface area contributed by atoms with Crippen molar-refractivity contribution in [2.45, 2.75) is 33.2 Å². The van der Waals surface area contributed by atoms with E-state index in [9.17, 15) is 9.90 Å². The number of amides is 1. The number of aliphatic hydroxyl groups is 1. The van der Waals surface area contributed by atoms with E-state index in [-0.39, 0.29) is 11.7 Å². The fraction of sp³-hybridized carbons (Fsp3) is 0.400. The number of benzene rings is 1. The van der Waals surface area contributed by atoms with Gasteiger partial charge in [-0.1, -0.05) is 23.8 Å². The van der Waals surface area contributed by atoms with Crippen molar-refractivity contribution in [3.8, 4) is 0 Å². The van der Waals surface area contributed by atoms with E-state index in [0.717, 1.165) is 16.7 Å². The van der Waals surface area contributed by atoms with E-state index in [0.29, 0.717) is 5.57 Å². The van der Waals surface area contributed by atoms with E-state index in [2.05, 4.69) is 0 Å². The lowest BCUT2D eigenvalue weighted by Crippen LogP contribution is -2.42. The van der Waals surface area contributed by atoms with Crippen LogP contribution < -0.4 is 0 Å². The summed E-state index contributed by atoms with van der Waals surface area (Å²) in [6.07, 6.45) is 0. The number of hydrogen-bond acceptors (Lipinski definition) is 3. The maximum atomic E-state index is 12.4. The van der Waals surface area contributed by atoms with E-state index in [4.69, 9.17) is 4.84 Å². The first-order valence-electron chi connectivity index (χ1n) is 6.20. The number of aryl methyl sites for hydroxylation is 2. The highest BCUT2D eigenvalue weighted by atomic mass is 16.7. The molecule has 0 bridgehead atoms. The molecule has 102 valence electrons. The summed E-state index contributed by atoms with van der Waals surface area (Å²) >= 11 is 0. The Kier molecular flexibility index (Phi) is 3.14. The minimum atomic E-state index is -0.850. The number of hydrogen-bond donors (Lipinski definition) is 1. The van der Waals surface area contributed by atoms with Gasteiger partial charge in [0.2, 0.25) is 0 Å². The third-order valence-corrected chi connectivity index (χ3v) is 3.57. The summed E-state index contributed by atoms with van der Waals surface area (Å²) in [5.41, 5.74) is 2.23. The SMILES string of the molecule is CON1C(=O)C(c2cc(C)ccc2C)=C(O)C1(C)C. The Bertz CT molecular complexity index is 573. The van der Waals surface area contributed by atoms with Crippen LogP contribution in [0.3, 0.4) is 0 Å². The summed E-state index contributed by atoms with van der Waals surface area (Å²) in [4.78, 5) is 17.5. The van der Waals surface area contributed by atoms with Crippen molar-refractivity contribution in [1.29, 1.82) is 0 Å².